The molecule has 0 aromatic heterocycles. The molecule has 65 heavy (non-hydrogen) atoms. The molecule has 1 aliphatic rings. The summed E-state index contributed by atoms with van der Waals surface area (Å²) in [4.78, 5) is 50.8. The van der Waals surface area contributed by atoms with Crippen LogP contribution in [0.3, 0.4) is 0 Å². The lowest BCUT2D eigenvalue weighted by Gasteiger charge is -2.13. The topological polar surface area (TPSA) is 136 Å². The van der Waals surface area contributed by atoms with Crippen LogP contribution in [0.4, 0.5) is 0 Å². The summed E-state index contributed by atoms with van der Waals surface area (Å²) in [6.07, 6.45) is 13.7. The molecule has 6 rings (SSSR count). The number of hydrogen-bond donors (Lipinski definition) is 0. The highest BCUT2D eigenvalue weighted by molar-refractivity contribution is 5.97. The molecule has 0 spiro atoms. The lowest BCUT2D eigenvalue weighted by atomic mass is 10.1. The third-order valence-electron chi connectivity index (χ3n) is 10.9. The summed E-state index contributed by atoms with van der Waals surface area (Å²) < 4.78 is 39.3. The van der Waals surface area contributed by atoms with Crippen molar-refractivity contribution >= 4 is 34.6 Å². The van der Waals surface area contributed by atoms with Crippen molar-refractivity contribution in [2.45, 2.75) is 103 Å². The van der Waals surface area contributed by atoms with Crippen molar-refractivity contribution in [3.05, 3.63) is 138 Å². The lowest BCUT2D eigenvalue weighted by molar-refractivity contribution is -0.139. The average molecular weight is 885 g/mol. The molecule has 0 saturated carbocycles. The zero-order chi connectivity index (χ0) is 45.8. The quantitative estimate of drug-likeness (QED) is 0.0164. The number of benzene rings is 5. The van der Waals surface area contributed by atoms with Gasteiger partial charge in [0.05, 0.1) is 49.2 Å². The largest absolute Gasteiger partial charge is 0.494 e. The Bertz CT molecular complexity index is 2360. The number of carbonyl (C=O) groups excluding carboxylic acids is 4. The maximum Gasteiger partial charge on any atom is 0.343 e. The Morgan fingerprint density at radius 2 is 1.03 bits per heavy atom. The van der Waals surface area contributed by atoms with Crippen molar-refractivity contribution in [2.24, 2.45) is 0 Å². The van der Waals surface area contributed by atoms with Crippen molar-refractivity contribution in [2.75, 3.05) is 26.4 Å². The number of hydrogen-bond acceptors (Lipinski definition) is 11. The van der Waals surface area contributed by atoms with Gasteiger partial charge in [0.2, 0.25) is 0 Å². The van der Waals surface area contributed by atoms with E-state index in [9.17, 15) is 19.2 Å². The average Bonchev–Trinajstić information content (AvgIpc) is 4.15. The lowest BCUT2D eigenvalue weighted by Crippen LogP contribution is -2.11. The normalized spacial score (nSPS) is 12.9. The highest BCUT2D eigenvalue weighted by Crippen LogP contribution is 2.29. The molecule has 0 amide bonds. The van der Waals surface area contributed by atoms with Gasteiger partial charge in [0.1, 0.15) is 28.7 Å². The molecule has 5 aromatic rings. The maximum absolute atomic E-state index is 13.4. The summed E-state index contributed by atoms with van der Waals surface area (Å²) >= 11 is 0. The van der Waals surface area contributed by atoms with Gasteiger partial charge < -0.3 is 33.2 Å². The van der Waals surface area contributed by atoms with Gasteiger partial charge in [0, 0.05) is 5.57 Å². The van der Waals surface area contributed by atoms with E-state index >= 15 is 0 Å². The standard InChI is InChI=1S/C54H60O11/c1-4-15-43-36-48(64-53(57)40-21-26-46(27-22-40)60-32-13-9-10-14-33-61-51(55)38(2)3)29-30-50(43)65-54(58)44-18-17-42-35-47(28-23-41(42)34-44)63-52(56)39-19-24-45(25-20-39)59-31-12-8-6-5-7-11-16-49-37-62-49/h17-30,34-36,49H,2,4-16,31-33,37H2,1,3H3/t49-/m1/s1. The summed E-state index contributed by atoms with van der Waals surface area (Å²) in [5, 5.41) is 1.56. The predicted molar refractivity (Wildman–Crippen MR) is 249 cm³/mol. The number of aryl methyl sites for hydroxylation is 1. The fourth-order valence-electron chi connectivity index (χ4n) is 7.10. The fraction of sp³-hybridized carbons (Fsp3) is 0.370. The Kier molecular flexibility index (Phi) is 18.6. The van der Waals surface area contributed by atoms with Gasteiger partial charge >= 0.3 is 23.9 Å². The van der Waals surface area contributed by atoms with E-state index in [2.05, 4.69) is 6.58 Å². The third kappa shape index (κ3) is 15.9. The summed E-state index contributed by atoms with van der Waals surface area (Å²) in [6.45, 7) is 9.70. The van der Waals surface area contributed by atoms with E-state index in [0.29, 0.717) is 77.6 Å². The first-order valence-electron chi connectivity index (χ1n) is 22.9. The number of fused-ring (bicyclic) bond motifs is 1. The van der Waals surface area contributed by atoms with Crippen LogP contribution in [0.25, 0.3) is 10.8 Å². The number of ether oxygens (including phenoxy) is 7. The van der Waals surface area contributed by atoms with Crippen molar-refractivity contribution in [1.29, 1.82) is 0 Å². The molecule has 1 atom stereocenters. The zero-order valence-corrected chi connectivity index (χ0v) is 37.6. The van der Waals surface area contributed by atoms with E-state index in [0.717, 1.165) is 73.6 Å². The van der Waals surface area contributed by atoms with E-state index in [1.54, 1.807) is 110 Å². The Labute approximate surface area is 382 Å². The molecule has 0 aliphatic carbocycles. The van der Waals surface area contributed by atoms with Crippen molar-refractivity contribution in [3.63, 3.8) is 0 Å². The summed E-state index contributed by atoms with van der Waals surface area (Å²) in [7, 11) is 0. The maximum atomic E-state index is 13.4. The van der Waals surface area contributed by atoms with Gasteiger partial charge in [-0.15, -0.1) is 0 Å². The number of rotatable bonds is 27. The molecular formula is C54H60O11. The van der Waals surface area contributed by atoms with Gasteiger partial charge in [0.15, 0.2) is 0 Å². The molecule has 1 saturated heterocycles. The van der Waals surface area contributed by atoms with Crippen molar-refractivity contribution in [1.82, 2.24) is 0 Å². The van der Waals surface area contributed by atoms with Gasteiger partial charge in [-0.2, -0.15) is 0 Å². The Morgan fingerprint density at radius 3 is 1.62 bits per heavy atom. The van der Waals surface area contributed by atoms with Gasteiger partial charge in [0.25, 0.3) is 0 Å². The summed E-state index contributed by atoms with van der Waals surface area (Å²) in [5.41, 5.74) is 2.25. The van der Waals surface area contributed by atoms with E-state index in [1.807, 2.05) is 6.92 Å². The second kappa shape index (κ2) is 25.1. The van der Waals surface area contributed by atoms with E-state index < -0.39 is 17.9 Å². The van der Waals surface area contributed by atoms with Gasteiger partial charge in [-0.25, -0.2) is 19.2 Å². The monoisotopic (exact) mass is 884 g/mol. The number of epoxide rings is 1. The van der Waals surface area contributed by atoms with Gasteiger partial charge in [-0.05, 0) is 159 Å². The Hall–Kier alpha value is -6.46. The number of unbranched alkanes of at least 4 members (excludes halogenated alkanes) is 8. The molecule has 1 fully saturated rings. The first-order valence-corrected chi connectivity index (χ1v) is 22.9. The molecule has 0 unspecified atom stereocenters. The van der Waals surface area contributed by atoms with Crippen LogP contribution in [0, 0.1) is 0 Å². The van der Waals surface area contributed by atoms with Crippen LogP contribution in [-0.2, 0) is 20.7 Å². The van der Waals surface area contributed by atoms with Crippen LogP contribution < -0.4 is 23.7 Å². The van der Waals surface area contributed by atoms with Crippen LogP contribution in [-0.4, -0.2) is 56.4 Å². The van der Waals surface area contributed by atoms with Crippen LogP contribution in [0.1, 0.15) is 128 Å². The van der Waals surface area contributed by atoms with Gasteiger partial charge in [-0.3, -0.25) is 0 Å². The fourth-order valence-corrected chi connectivity index (χ4v) is 7.10. The predicted octanol–water partition coefficient (Wildman–Crippen LogP) is 12.0. The number of carbonyl (C=O) groups is 4. The van der Waals surface area contributed by atoms with Crippen molar-refractivity contribution < 1.29 is 52.3 Å². The van der Waals surface area contributed by atoms with E-state index in [1.165, 1.54) is 32.1 Å². The summed E-state index contributed by atoms with van der Waals surface area (Å²) in [6, 6.07) is 29.1. The first kappa shape index (κ1) is 48.0. The smallest absolute Gasteiger partial charge is 0.343 e. The molecule has 1 heterocycles. The molecule has 1 aliphatic heterocycles. The molecule has 0 bridgehead atoms. The molecule has 0 N–H and O–H groups in total. The van der Waals surface area contributed by atoms with Crippen LogP contribution in [0.5, 0.6) is 28.7 Å². The minimum atomic E-state index is -0.536. The third-order valence-corrected chi connectivity index (χ3v) is 10.9. The number of esters is 4. The molecule has 0 radical (unpaired) electrons. The Balaban J connectivity index is 0.929. The highest BCUT2D eigenvalue weighted by atomic mass is 16.6. The SMILES string of the molecule is C=C(C)C(=O)OCCCCCCOc1ccc(C(=O)Oc2ccc(OC(=O)c3ccc4cc(OC(=O)c5ccc(OCCCCCCCC[C@@H]6CO6)cc5)ccc4c3)c(CCC)c2)cc1. The molecule has 11 heteroatoms. The van der Waals surface area contributed by atoms with Gasteiger partial charge in [-0.1, -0.05) is 64.2 Å². The first-order chi connectivity index (χ1) is 31.6. The highest BCUT2D eigenvalue weighted by Gasteiger charge is 2.21. The van der Waals surface area contributed by atoms with Crippen LogP contribution >= 0.6 is 0 Å². The van der Waals surface area contributed by atoms with Crippen molar-refractivity contribution in [3.8, 4) is 28.7 Å². The zero-order valence-electron chi connectivity index (χ0n) is 37.6. The summed E-state index contributed by atoms with van der Waals surface area (Å²) in [5.74, 6) is 0.550. The minimum Gasteiger partial charge on any atom is -0.494 e. The molecular weight excluding hydrogens is 825 g/mol. The van der Waals surface area contributed by atoms with Crippen LogP contribution in [0.2, 0.25) is 0 Å². The van der Waals surface area contributed by atoms with Crippen LogP contribution in [0.15, 0.2) is 115 Å². The Morgan fingerprint density at radius 1 is 0.554 bits per heavy atom. The second-order valence-corrected chi connectivity index (χ2v) is 16.4. The van der Waals surface area contributed by atoms with E-state index in [-0.39, 0.29) is 5.97 Å². The minimum absolute atomic E-state index is 0.332. The molecule has 342 valence electrons. The second-order valence-electron chi connectivity index (χ2n) is 16.4. The van der Waals surface area contributed by atoms with E-state index in [4.69, 9.17) is 33.2 Å². The molecule has 11 nitrogen and oxygen atoms in total. The molecule has 5 aromatic carbocycles.